The third-order valence-electron chi connectivity index (χ3n) is 5.57. The minimum atomic E-state index is -0.253. The first-order chi connectivity index (χ1) is 16.0. The second-order valence-electron chi connectivity index (χ2n) is 7.60. The molecule has 0 radical (unpaired) electrons. The summed E-state index contributed by atoms with van der Waals surface area (Å²) in [5.41, 5.74) is 2.61. The lowest BCUT2D eigenvalue weighted by molar-refractivity contribution is 0.0743. The molecule has 3 aromatic carbocycles. The zero-order valence-corrected chi connectivity index (χ0v) is 19.6. The van der Waals surface area contributed by atoms with E-state index >= 15 is 0 Å². The molecule has 170 valence electrons. The highest BCUT2D eigenvalue weighted by atomic mass is 35.5. The standard InChI is InChI=1S/C25H23Cl2N3O3/c1-33-23-11-6-17(26)16-21(23)25(32)30-14-12-29(13-15-30)19-9-7-18(8-10-19)28-24(31)20-4-2-3-5-22(20)27/h2-11,16H,12-15H2,1H3,(H,28,31). The molecule has 1 fully saturated rings. The highest BCUT2D eigenvalue weighted by molar-refractivity contribution is 6.34. The van der Waals surface area contributed by atoms with Gasteiger partial charge >= 0.3 is 0 Å². The van der Waals surface area contributed by atoms with Crippen molar-refractivity contribution in [3.8, 4) is 5.75 Å². The molecule has 4 rings (SSSR count). The van der Waals surface area contributed by atoms with Crippen molar-refractivity contribution in [2.75, 3.05) is 43.5 Å². The minimum Gasteiger partial charge on any atom is -0.496 e. The Morgan fingerprint density at radius 1 is 0.879 bits per heavy atom. The van der Waals surface area contributed by atoms with Crippen molar-refractivity contribution in [2.45, 2.75) is 0 Å². The van der Waals surface area contributed by atoms with E-state index in [0.717, 1.165) is 5.69 Å². The van der Waals surface area contributed by atoms with Crippen LogP contribution >= 0.6 is 23.2 Å². The summed E-state index contributed by atoms with van der Waals surface area (Å²) in [5.74, 6) is 0.171. The van der Waals surface area contributed by atoms with Gasteiger partial charge < -0.3 is 19.9 Å². The molecule has 8 heteroatoms. The molecule has 3 aromatic rings. The van der Waals surface area contributed by atoms with Gasteiger partial charge in [-0.1, -0.05) is 35.3 Å². The molecular weight excluding hydrogens is 461 g/mol. The van der Waals surface area contributed by atoms with Gasteiger partial charge in [0.1, 0.15) is 5.75 Å². The summed E-state index contributed by atoms with van der Waals surface area (Å²) in [6.07, 6.45) is 0. The average Bonchev–Trinajstić information content (AvgIpc) is 2.84. The monoisotopic (exact) mass is 483 g/mol. The summed E-state index contributed by atoms with van der Waals surface area (Å²) in [6, 6.07) is 19.6. The van der Waals surface area contributed by atoms with Crippen molar-refractivity contribution in [3.63, 3.8) is 0 Å². The van der Waals surface area contributed by atoms with Gasteiger partial charge in [0.15, 0.2) is 0 Å². The molecule has 1 N–H and O–H groups in total. The van der Waals surface area contributed by atoms with E-state index in [9.17, 15) is 9.59 Å². The van der Waals surface area contributed by atoms with Gasteiger partial charge in [0.25, 0.3) is 11.8 Å². The van der Waals surface area contributed by atoms with Gasteiger partial charge in [0.05, 0.1) is 23.3 Å². The Hall–Kier alpha value is -3.22. The summed E-state index contributed by atoms with van der Waals surface area (Å²) in [7, 11) is 1.54. The van der Waals surface area contributed by atoms with Crippen molar-refractivity contribution < 1.29 is 14.3 Å². The van der Waals surface area contributed by atoms with E-state index in [1.807, 2.05) is 29.2 Å². The number of hydrogen-bond donors (Lipinski definition) is 1. The molecule has 1 aliphatic rings. The number of amides is 2. The van der Waals surface area contributed by atoms with E-state index in [1.165, 1.54) is 0 Å². The number of piperazine rings is 1. The van der Waals surface area contributed by atoms with Crippen LogP contribution in [0.4, 0.5) is 11.4 Å². The smallest absolute Gasteiger partial charge is 0.257 e. The van der Waals surface area contributed by atoms with Gasteiger partial charge in [-0.05, 0) is 54.6 Å². The van der Waals surface area contributed by atoms with Crippen LogP contribution in [-0.2, 0) is 0 Å². The lowest BCUT2D eigenvalue weighted by Gasteiger charge is -2.36. The molecule has 1 aliphatic heterocycles. The number of methoxy groups -OCH3 is 1. The lowest BCUT2D eigenvalue weighted by Crippen LogP contribution is -2.48. The Morgan fingerprint density at radius 3 is 2.24 bits per heavy atom. The van der Waals surface area contributed by atoms with Crippen LogP contribution in [0.1, 0.15) is 20.7 Å². The van der Waals surface area contributed by atoms with Crippen LogP contribution in [0.15, 0.2) is 66.7 Å². The van der Waals surface area contributed by atoms with Gasteiger partial charge in [0.2, 0.25) is 0 Å². The number of anilines is 2. The first-order valence-electron chi connectivity index (χ1n) is 10.5. The molecule has 1 saturated heterocycles. The second-order valence-corrected chi connectivity index (χ2v) is 8.45. The number of nitrogens with zero attached hydrogens (tertiary/aromatic N) is 2. The van der Waals surface area contributed by atoms with Gasteiger partial charge in [0, 0.05) is 42.6 Å². The predicted molar refractivity (Wildman–Crippen MR) is 132 cm³/mol. The van der Waals surface area contributed by atoms with E-state index in [1.54, 1.807) is 49.6 Å². The van der Waals surface area contributed by atoms with E-state index in [4.69, 9.17) is 27.9 Å². The fourth-order valence-electron chi connectivity index (χ4n) is 3.78. The Bertz CT molecular complexity index is 1160. The van der Waals surface area contributed by atoms with E-state index in [2.05, 4.69) is 10.2 Å². The highest BCUT2D eigenvalue weighted by Gasteiger charge is 2.24. The fraction of sp³-hybridized carbons (Fsp3) is 0.200. The number of carbonyl (C=O) groups is 2. The maximum Gasteiger partial charge on any atom is 0.257 e. The van der Waals surface area contributed by atoms with Crippen molar-refractivity contribution >= 4 is 46.4 Å². The summed E-state index contributed by atoms with van der Waals surface area (Å²) in [4.78, 5) is 29.4. The Labute approximate surface area is 202 Å². The van der Waals surface area contributed by atoms with Crippen LogP contribution in [0.25, 0.3) is 0 Å². The Morgan fingerprint density at radius 2 is 1.58 bits per heavy atom. The molecule has 1 heterocycles. The number of nitrogens with one attached hydrogen (secondary N) is 1. The number of ether oxygens (including phenoxy) is 1. The number of rotatable bonds is 5. The summed E-state index contributed by atoms with van der Waals surface area (Å²) >= 11 is 12.2. The maximum atomic E-state index is 13.0. The third kappa shape index (κ3) is 5.24. The quantitative estimate of drug-likeness (QED) is 0.540. The van der Waals surface area contributed by atoms with Crippen molar-refractivity contribution in [1.82, 2.24) is 4.90 Å². The molecule has 0 unspecified atom stereocenters. The molecule has 0 spiro atoms. The van der Waals surface area contributed by atoms with E-state index in [0.29, 0.717) is 58.8 Å². The number of hydrogen-bond acceptors (Lipinski definition) is 4. The van der Waals surface area contributed by atoms with Crippen LogP contribution in [0.5, 0.6) is 5.75 Å². The lowest BCUT2D eigenvalue weighted by atomic mass is 10.1. The molecule has 0 bridgehead atoms. The molecular formula is C25H23Cl2N3O3. The zero-order valence-electron chi connectivity index (χ0n) is 18.1. The van der Waals surface area contributed by atoms with Gasteiger partial charge in [-0.25, -0.2) is 0 Å². The number of carbonyl (C=O) groups excluding carboxylic acids is 2. The van der Waals surface area contributed by atoms with Crippen molar-refractivity contribution in [2.24, 2.45) is 0 Å². The Kier molecular flexibility index (Phi) is 7.06. The molecule has 6 nitrogen and oxygen atoms in total. The van der Waals surface area contributed by atoms with Crippen LogP contribution in [-0.4, -0.2) is 50.0 Å². The van der Waals surface area contributed by atoms with E-state index in [-0.39, 0.29) is 11.8 Å². The Balaban J connectivity index is 1.36. The predicted octanol–water partition coefficient (Wildman–Crippen LogP) is 5.22. The molecule has 0 aliphatic carbocycles. The van der Waals surface area contributed by atoms with E-state index < -0.39 is 0 Å². The first-order valence-corrected chi connectivity index (χ1v) is 11.3. The normalized spacial score (nSPS) is 13.5. The number of halogens is 2. The van der Waals surface area contributed by atoms with Crippen LogP contribution < -0.4 is 15.0 Å². The molecule has 0 saturated carbocycles. The topological polar surface area (TPSA) is 61.9 Å². The largest absolute Gasteiger partial charge is 0.496 e. The summed E-state index contributed by atoms with van der Waals surface area (Å²) < 4.78 is 5.32. The summed E-state index contributed by atoms with van der Waals surface area (Å²) in [5, 5.41) is 3.78. The van der Waals surface area contributed by atoms with Gasteiger partial charge in [-0.3, -0.25) is 9.59 Å². The van der Waals surface area contributed by atoms with Crippen LogP contribution in [0.3, 0.4) is 0 Å². The zero-order chi connectivity index (χ0) is 23.4. The van der Waals surface area contributed by atoms with Crippen molar-refractivity contribution in [1.29, 1.82) is 0 Å². The fourth-order valence-corrected chi connectivity index (χ4v) is 4.18. The highest BCUT2D eigenvalue weighted by Crippen LogP contribution is 2.26. The van der Waals surface area contributed by atoms with Gasteiger partial charge in [-0.2, -0.15) is 0 Å². The third-order valence-corrected chi connectivity index (χ3v) is 6.13. The second kappa shape index (κ2) is 10.1. The maximum absolute atomic E-state index is 13.0. The minimum absolute atomic E-state index is 0.0911. The van der Waals surface area contributed by atoms with Crippen molar-refractivity contribution in [3.05, 3.63) is 87.9 Å². The van der Waals surface area contributed by atoms with Crippen LogP contribution in [0, 0.1) is 0 Å². The number of benzene rings is 3. The SMILES string of the molecule is COc1ccc(Cl)cc1C(=O)N1CCN(c2ccc(NC(=O)c3ccccc3Cl)cc2)CC1. The van der Waals surface area contributed by atoms with Crippen LogP contribution in [0.2, 0.25) is 10.0 Å². The molecule has 33 heavy (non-hydrogen) atoms. The molecule has 0 atom stereocenters. The summed E-state index contributed by atoms with van der Waals surface area (Å²) in [6.45, 7) is 2.55. The van der Waals surface area contributed by atoms with Gasteiger partial charge in [-0.15, -0.1) is 0 Å². The molecule has 2 amide bonds. The molecule has 0 aromatic heterocycles. The first kappa shape index (κ1) is 23.0. The average molecular weight is 484 g/mol.